The summed E-state index contributed by atoms with van der Waals surface area (Å²) >= 11 is 0. The van der Waals surface area contributed by atoms with Crippen molar-refractivity contribution in [1.82, 2.24) is 0 Å². The van der Waals surface area contributed by atoms with Crippen LogP contribution in [0.4, 0.5) is 0 Å². The van der Waals surface area contributed by atoms with Crippen LogP contribution in [0, 0.1) is 11.8 Å². The van der Waals surface area contributed by atoms with E-state index in [1.54, 1.807) is 0 Å². The van der Waals surface area contributed by atoms with Crippen molar-refractivity contribution in [2.24, 2.45) is 0 Å². The number of hydrogen-bond donors (Lipinski definition) is 0. The summed E-state index contributed by atoms with van der Waals surface area (Å²) in [5.41, 5.74) is 6.79. The minimum absolute atomic E-state index is 0.656. The van der Waals surface area contributed by atoms with Crippen LogP contribution in [0.5, 0.6) is 0 Å². The van der Waals surface area contributed by atoms with Crippen LogP contribution in [0.3, 0.4) is 0 Å². The Morgan fingerprint density at radius 1 is 0.821 bits per heavy atom. The van der Waals surface area contributed by atoms with Crippen molar-refractivity contribution >= 4 is 0 Å². The molecular weight excluding hydrogens is 336 g/mol. The molecule has 1 atom stereocenters. The first kappa shape index (κ1) is 20.5. The highest BCUT2D eigenvalue weighted by Gasteiger charge is 2.15. The monoisotopic (exact) mass is 370 g/mol. The van der Waals surface area contributed by atoms with Gasteiger partial charge in [-0.25, -0.2) is 0 Å². The lowest BCUT2D eigenvalue weighted by Crippen LogP contribution is -2.04. The van der Waals surface area contributed by atoms with Gasteiger partial charge in [0.25, 0.3) is 0 Å². The Kier molecular flexibility index (Phi) is 7.98. The van der Waals surface area contributed by atoms with Crippen LogP contribution in [0.15, 0.2) is 60.2 Å². The Balaban J connectivity index is 1.52. The van der Waals surface area contributed by atoms with Gasteiger partial charge in [0, 0.05) is 5.56 Å². The molecule has 28 heavy (non-hydrogen) atoms. The third kappa shape index (κ3) is 6.13. The minimum Gasteiger partial charge on any atom is -0.0723 e. The molecule has 0 amide bonds. The van der Waals surface area contributed by atoms with E-state index in [0.29, 0.717) is 5.92 Å². The summed E-state index contributed by atoms with van der Waals surface area (Å²) in [4.78, 5) is 0. The first-order valence-electron chi connectivity index (χ1n) is 11.2. The maximum absolute atomic E-state index is 3.40. The Morgan fingerprint density at radius 3 is 2.21 bits per heavy atom. The zero-order valence-electron chi connectivity index (χ0n) is 17.6. The van der Waals surface area contributed by atoms with Crippen LogP contribution in [-0.4, -0.2) is 0 Å². The van der Waals surface area contributed by atoms with E-state index in [2.05, 4.69) is 80.3 Å². The average molecular weight is 371 g/mol. The number of rotatable bonds is 7. The van der Waals surface area contributed by atoms with Crippen molar-refractivity contribution in [3.8, 4) is 11.8 Å². The lowest BCUT2D eigenvalue weighted by Gasteiger charge is -2.20. The van der Waals surface area contributed by atoms with Gasteiger partial charge >= 0.3 is 0 Å². The van der Waals surface area contributed by atoms with Gasteiger partial charge in [0.2, 0.25) is 0 Å². The van der Waals surface area contributed by atoms with Gasteiger partial charge in [-0.15, -0.1) is 0 Å². The molecule has 3 rings (SSSR count). The number of aryl methyl sites for hydroxylation is 2. The summed E-state index contributed by atoms with van der Waals surface area (Å²) < 4.78 is 0. The van der Waals surface area contributed by atoms with Crippen molar-refractivity contribution in [2.75, 3.05) is 0 Å². The normalized spacial score (nSPS) is 16.2. The van der Waals surface area contributed by atoms with Gasteiger partial charge in [0.05, 0.1) is 0 Å². The van der Waals surface area contributed by atoms with Gasteiger partial charge < -0.3 is 0 Å². The van der Waals surface area contributed by atoms with E-state index < -0.39 is 0 Å². The first-order chi connectivity index (χ1) is 13.8. The highest BCUT2D eigenvalue weighted by molar-refractivity contribution is 5.42. The van der Waals surface area contributed by atoms with E-state index in [0.717, 1.165) is 24.8 Å². The summed E-state index contributed by atoms with van der Waals surface area (Å²) in [6.07, 6.45) is 13.5. The predicted molar refractivity (Wildman–Crippen MR) is 122 cm³/mol. The molecule has 2 aromatic rings. The van der Waals surface area contributed by atoms with Crippen LogP contribution < -0.4 is 0 Å². The largest absolute Gasteiger partial charge is 0.0723 e. The molecule has 0 saturated heterocycles. The van der Waals surface area contributed by atoms with Crippen molar-refractivity contribution < 1.29 is 0 Å². The molecule has 0 bridgehead atoms. The number of hydrogen-bond acceptors (Lipinski definition) is 0. The molecule has 0 spiro atoms. The molecule has 0 radical (unpaired) electrons. The first-order valence-corrected chi connectivity index (χ1v) is 11.2. The molecule has 1 aliphatic rings. The van der Waals surface area contributed by atoms with Crippen LogP contribution in [0.25, 0.3) is 0 Å². The average Bonchev–Trinajstić information content (AvgIpc) is 2.76. The predicted octanol–water partition coefficient (Wildman–Crippen LogP) is 7.62. The zero-order valence-corrected chi connectivity index (χ0v) is 17.6. The molecule has 0 nitrogen and oxygen atoms in total. The third-order valence-corrected chi connectivity index (χ3v) is 5.91. The number of unbranched alkanes of at least 4 members (excludes halogenated alkanes) is 3. The molecule has 2 aromatic carbocycles. The van der Waals surface area contributed by atoms with Crippen LogP contribution >= 0.6 is 0 Å². The Morgan fingerprint density at radius 2 is 1.57 bits per heavy atom. The quantitative estimate of drug-likeness (QED) is 0.347. The standard InChI is InChI=1S/C28H34/c1-3-5-6-7-8-24-15-19-27(20-16-24)28-21-17-26(18-22-28)14-13-25-11-9-23(4-2)10-12-25/h9-12,15-17,19-20,28H,3-8,18,21-22H2,1-2H3. The maximum Gasteiger partial charge on any atom is 0.0249 e. The number of allylic oxidation sites excluding steroid dienone is 2. The fourth-order valence-corrected chi connectivity index (χ4v) is 3.94. The topological polar surface area (TPSA) is 0 Å². The van der Waals surface area contributed by atoms with E-state index in [4.69, 9.17) is 0 Å². The SMILES string of the molecule is CCCCCCc1ccc(C2CC=C(C#Cc3ccc(CC)cc3)CC2)cc1. The Labute approximate surface area is 172 Å². The molecule has 0 fully saturated rings. The smallest absolute Gasteiger partial charge is 0.0249 e. The summed E-state index contributed by atoms with van der Waals surface area (Å²) in [6, 6.07) is 18.1. The van der Waals surface area contributed by atoms with Gasteiger partial charge in [-0.05, 0) is 78.8 Å². The summed E-state index contributed by atoms with van der Waals surface area (Å²) in [6.45, 7) is 4.46. The maximum atomic E-state index is 3.40. The lowest BCUT2D eigenvalue weighted by molar-refractivity contribution is 0.607. The lowest BCUT2D eigenvalue weighted by atomic mass is 9.84. The van der Waals surface area contributed by atoms with Crippen molar-refractivity contribution in [3.63, 3.8) is 0 Å². The zero-order chi connectivity index (χ0) is 19.6. The van der Waals surface area contributed by atoms with Gasteiger partial charge in [-0.1, -0.05) is 87.4 Å². The second-order valence-corrected chi connectivity index (χ2v) is 8.05. The van der Waals surface area contributed by atoms with Crippen molar-refractivity contribution in [3.05, 3.63) is 82.4 Å². The second kappa shape index (κ2) is 10.9. The van der Waals surface area contributed by atoms with E-state index in [1.165, 1.54) is 60.8 Å². The molecule has 0 aliphatic heterocycles. The van der Waals surface area contributed by atoms with E-state index in [-0.39, 0.29) is 0 Å². The highest BCUT2D eigenvalue weighted by Crippen LogP contribution is 2.32. The fraction of sp³-hybridized carbons (Fsp3) is 0.429. The Hall–Kier alpha value is -2.26. The van der Waals surface area contributed by atoms with Crippen molar-refractivity contribution in [1.29, 1.82) is 0 Å². The number of benzene rings is 2. The highest BCUT2D eigenvalue weighted by atomic mass is 14.2. The van der Waals surface area contributed by atoms with Gasteiger partial charge in [-0.3, -0.25) is 0 Å². The molecule has 1 aliphatic carbocycles. The Bertz CT molecular complexity index is 809. The third-order valence-electron chi connectivity index (χ3n) is 5.91. The van der Waals surface area contributed by atoms with E-state index in [9.17, 15) is 0 Å². The molecule has 0 N–H and O–H groups in total. The summed E-state index contributed by atoms with van der Waals surface area (Å²) in [5.74, 6) is 7.40. The van der Waals surface area contributed by atoms with Crippen LogP contribution in [0.2, 0.25) is 0 Å². The van der Waals surface area contributed by atoms with Gasteiger partial charge in [-0.2, -0.15) is 0 Å². The molecule has 0 aromatic heterocycles. The van der Waals surface area contributed by atoms with E-state index in [1.807, 2.05) is 0 Å². The molecule has 1 unspecified atom stereocenters. The van der Waals surface area contributed by atoms with Crippen molar-refractivity contribution in [2.45, 2.75) is 77.6 Å². The van der Waals surface area contributed by atoms with E-state index >= 15 is 0 Å². The second-order valence-electron chi connectivity index (χ2n) is 8.05. The molecule has 0 heteroatoms. The fourth-order valence-electron chi connectivity index (χ4n) is 3.94. The summed E-state index contributed by atoms with van der Waals surface area (Å²) in [7, 11) is 0. The summed E-state index contributed by atoms with van der Waals surface area (Å²) in [5, 5.41) is 0. The van der Waals surface area contributed by atoms with Crippen LogP contribution in [0.1, 0.15) is 87.0 Å². The van der Waals surface area contributed by atoms with Gasteiger partial charge in [0.1, 0.15) is 0 Å². The van der Waals surface area contributed by atoms with Crippen LogP contribution in [-0.2, 0) is 12.8 Å². The molecule has 0 saturated carbocycles. The molecule has 0 heterocycles. The van der Waals surface area contributed by atoms with Gasteiger partial charge in [0.15, 0.2) is 0 Å². The molecule has 146 valence electrons. The molecular formula is C28H34. The minimum atomic E-state index is 0.656.